The summed E-state index contributed by atoms with van der Waals surface area (Å²) in [6.45, 7) is 11.5. The second kappa shape index (κ2) is 20.3. The first-order valence-corrected chi connectivity index (χ1v) is 15.9. The van der Waals surface area contributed by atoms with E-state index >= 15 is 0 Å². The third-order valence-electron chi connectivity index (χ3n) is 6.90. The maximum atomic E-state index is 14.3. The predicted molar refractivity (Wildman–Crippen MR) is 169 cm³/mol. The lowest BCUT2D eigenvalue weighted by molar-refractivity contribution is -0.144. The fourth-order valence-electron chi connectivity index (χ4n) is 4.65. The predicted octanol–water partition coefficient (Wildman–Crippen LogP) is 4.71. The van der Waals surface area contributed by atoms with Crippen LogP contribution in [0.15, 0.2) is 24.3 Å². The Balaban J connectivity index is 3.47. The van der Waals surface area contributed by atoms with Gasteiger partial charge in [0.1, 0.15) is 17.7 Å². The highest BCUT2D eigenvalue weighted by Crippen LogP contribution is 2.25. The van der Waals surface area contributed by atoms with Crippen molar-refractivity contribution in [1.29, 1.82) is 0 Å². The monoisotopic (exact) mass is 618 g/mol. The minimum absolute atomic E-state index is 0.0200. The van der Waals surface area contributed by atoms with Crippen LogP contribution in [-0.4, -0.2) is 66.0 Å². The molecular formula is C33H54N4O7. The summed E-state index contributed by atoms with van der Waals surface area (Å²) < 4.78 is 10.4. The van der Waals surface area contributed by atoms with Crippen LogP contribution in [0.1, 0.15) is 116 Å². The molecule has 1 rings (SSSR count). The molecule has 0 saturated carbocycles. The van der Waals surface area contributed by atoms with Gasteiger partial charge in [-0.2, -0.15) is 0 Å². The fraction of sp³-hybridized carbons (Fsp3) is 0.667. The van der Waals surface area contributed by atoms with Crippen molar-refractivity contribution in [3.05, 3.63) is 35.4 Å². The first-order valence-electron chi connectivity index (χ1n) is 15.9. The Bertz CT molecular complexity index is 1050. The van der Waals surface area contributed by atoms with E-state index < -0.39 is 47.5 Å². The number of esters is 1. The summed E-state index contributed by atoms with van der Waals surface area (Å²) in [6, 6.07) is 5.23. The number of carbonyl (C=O) groups is 5. The van der Waals surface area contributed by atoms with E-state index in [1.54, 1.807) is 27.7 Å². The molecule has 1 aromatic carbocycles. The van der Waals surface area contributed by atoms with Crippen LogP contribution in [0, 0.1) is 0 Å². The Kier molecular flexibility index (Phi) is 17.8. The van der Waals surface area contributed by atoms with Gasteiger partial charge in [0.25, 0.3) is 0 Å². The summed E-state index contributed by atoms with van der Waals surface area (Å²) in [5.41, 5.74) is 6.24. The second-order valence-corrected chi connectivity index (χ2v) is 11.8. The molecule has 0 heterocycles. The van der Waals surface area contributed by atoms with E-state index in [1.807, 2.05) is 31.2 Å². The van der Waals surface area contributed by atoms with Crippen LogP contribution >= 0.6 is 0 Å². The van der Waals surface area contributed by atoms with E-state index in [4.69, 9.17) is 15.2 Å². The number of alkyl carbamates (subject to hydrolysis) is 1. The normalized spacial score (nSPS) is 12.5. The number of carbonyl (C=O) groups excluding carboxylic acids is 5. The molecule has 0 fully saturated rings. The van der Waals surface area contributed by atoms with Gasteiger partial charge in [-0.05, 0) is 58.1 Å². The standard InChI is InChI=1S/C33H54N4O7/c1-7-10-11-12-13-14-23-37(31(41)26(19-20-27(34)38)36-32(42)44-33(4,5)6)29(25-17-15-24(8-2)16-18-25)30(40)35-22-21-28(39)43-9-3/h15-18,26,29H,7-14,19-23H2,1-6H3,(H2,34,38)(H,35,40)(H,36,42). The van der Waals surface area contributed by atoms with Crippen LogP contribution in [0.4, 0.5) is 4.79 Å². The Morgan fingerprint density at radius 1 is 0.909 bits per heavy atom. The average molecular weight is 619 g/mol. The first-order chi connectivity index (χ1) is 20.8. The number of ether oxygens (including phenoxy) is 2. The van der Waals surface area contributed by atoms with Crippen LogP contribution in [0.3, 0.4) is 0 Å². The molecule has 248 valence electrons. The number of amides is 4. The Morgan fingerprint density at radius 3 is 2.11 bits per heavy atom. The number of hydrogen-bond acceptors (Lipinski definition) is 7. The third kappa shape index (κ3) is 15.2. The van der Waals surface area contributed by atoms with Gasteiger partial charge >= 0.3 is 12.1 Å². The lowest BCUT2D eigenvalue weighted by atomic mass is 9.99. The number of nitrogens with one attached hydrogen (secondary N) is 2. The minimum atomic E-state index is -1.16. The number of nitrogens with zero attached hydrogens (tertiary/aromatic N) is 1. The lowest BCUT2D eigenvalue weighted by Crippen LogP contribution is -2.53. The molecule has 0 aliphatic carbocycles. The van der Waals surface area contributed by atoms with Crippen molar-refractivity contribution in [3.8, 4) is 0 Å². The van der Waals surface area contributed by atoms with Crippen LogP contribution in [-0.2, 0) is 35.1 Å². The molecule has 44 heavy (non-hydrogen) atoms. The topological polar surface area (TPSA) is 157 Å². The van der Waals surface area contributed by atoms with Crippen molar-refractivity contribution in [1.82, 2.24) is 15.5 Å². The third-order valence-corrected chi connectivity index (χ3v) is 6.90. The number of aryl methyl sites for hydroxylation is 1. The number of primary amides is 1. The average Bonchev–Trinajstić information content (AvgIpc) is 2.95. The largest absolute Gasteiger partial charge is 0.466 e. The number of nitrogens with two attached hydrogens (primary N) is 1. The van der Waals surface area contributed by atoms with Crippen molar-refractivity contribution >= 4 is 29.8 Å². The molecule has 0 aliphatic heterocycles. The molecule has 0 radical (unpaired) electrons. The van der Waals surface area contributed by atoms with Crippen molar-refractivity contribution in [2.45, 2.75) is 123 Å². The van der Waals surface area contributed by atoms with Gasteiger partial charge in [-0.3, -0.25) is 19.2 Å². The summed E-state index contributed by atoms with van der Waals surface area (Å²) in [7, 11) is 0. The molecule has 0 saturated heterocycles. The summed E-state index contributed by atoms with van der Waals surface area (Å²) >= 11 is 0. The maximum absolute atomic E-state index is 14.3. The lowest BCUT2D eigenvalue weighted by Gasteiger charge is -2.34. The molecule has 11 heteroatoms. The molecular weight excluding hydrogens is 564 g/mol. The summed E-state index contributed by atoms with van der Waals surface area (Å²) in [6.07, 6.45) is 5.50. The molecule has 4 amide bonds. The molecule has 0 spiro atoms. The van der Waals surface area contributed by atoms with Gasteiger partial charge in [0.15, 0.2) is 0 Å². The smallest absolute Gasteiger partial charge is 0.408 e. The molecule has 11 nitrogen and oxygen atoms in total. The maximum Gasteiger partial charge on any atom is 0.408 e. The van der Waals surface area contributed by atoms with Crippen LogP contribution in [0.25, 0.3) is 0 Å². The number of unbranched alkanes of at least 4 members (excludes halogenated alkanes) is 5. The van der Waals surface area contributed by atoms with Gasteiger partial charge in [-0.1, -0.05) is 70.2 Å². The van der Waals surface area contributed by atoms with E-state index in [0.717, 1.165) is 44.1 Å². The summed E-state index contributed by atoms with van der Waals surface area (Å²) in [5.74, 6) is -2.07. The molecule has 2 unspecified atom stereocenters. The zero-order valence-electron chi connectivity index (χ0n) is 27.5. The molecule has 0 bridgehead atoms. The first kappa shape index (κ1) is 38.4. The van der Waals surface area contributed by atoms with E-state index in [0.29, 0.717) is 12.0 Å². The summed E-state index contributed by atoms with van der Waals surface area (Å²) in [5, 5.41) is 5.40. The van der Waals surface area contributed by atoms with Gasteiger partial charge in [-0.15, -0.1) is 0 Å². The highest BCUT2D eigenvalue weighted by molar-refractivity contribution is 5.92. The van der Waals surface area contributed by atoms with Crippen molar-refractivity contribution in [2.24, 2.45) is 5.73 Å². The number of rotatable bonds is 20. The Morgan fingerprint density at radius 2 is 1.55 bits per heavy atom. The number of hydrogen-bond donors (Lipinski definition) is 3. The van der Waals surface area contributed by atoms with Gasteiger partial charge in [0.05, 0.1) is 13.0 Å². The minimum Gasteiger partial charge on any atom is -0.466 e. The van der Waals surface area contributed by atoms with Crippen molar-refractivity contribution in [3.63, 3.8) is 0 Å². The van der Waals surface area contributed by atoms with Gasteiger partial charge in [-0.25, -0.2) is 4.79 Å². The Hall–Kier alpha value is -3.63. The molecule has 0 aliphatic rings. The molecule has 1 aromatic rings. The van der Waals surface area contributed by atoms with Crippen LogP contribution < -0.4 is 16.4 Å². The van der Waals surface area contributed by atoms with E-state index in [1.165, 1.54) is 4.90 Å². The highest BCUT2D eigenvalue weighted by atomic mass is 16.6. The summed E-state index contributed by atoms with van der Waals surface area (Å²) in [4.78, 5) is 65.9. The van der Waals surface area contributed by atoms with E-state index in [-0.39, 0.29) is 39.0 Å². The second-order valence-electron chi connectivity index (χ2n) is 11.8. The van der Waals surface area contributed by atoms with E-state index in [2.05, 4.69) is 17.6 Å². The van der Waals surface area contributed by atoms with E-state index in [9.17, 15) is 24.0 Å². The zero-order valence-corrected chi connectivity index (χ0v) is 27.5. The molecule has 2 atom stereocenters. The van der Waals surface area contributed by atoms with Gasteiger partial charge < -0.3 is 30.7 Å². The fourth-order valence-corrected chi connectivity index (χ4v) is 4.65. The molecule has 4 N–H and O–H groups in total. The zero-order chi connectivity index (χ0) is 33.1. The van der Waals surface area contributed by atoms with Crippen LogP contribution in [0.2, 0.25) is 0 Å². The van der Waals surface area contributed by atoms with Crippen molar-refractivity contribution < 1.29 is 33.4 Å². The SMILES string of the molecule is CCCCCCCCN(C(=O)C(CCC(N)=O)NC(=O)OC(C)(C)C)C(C(=O)NCCC(=O)OCC)c1ccc(CC)cc1. The quantitative estimate of drug-likeness (QED) is 0.141. The van der Waals surface area contributed by atoms with Gasteiger partial charge in [0.2, 0.25) is 17.7 Å². The van der Waals surface area contributed by atoms with Crippen LogP contribution in [0.5, 0.6) is 0 Å². The van der Waals surface area contributed by atoms with Crippen molar-refractivity contribution in [2.75, 3.05) is 19.7 Å². The molecule has 0 aromatic heterocycles. The Labute approximate surface area is 263 Å². The number of benzene rings is 1. The van der Waals surface area contributed by atoms with Gasteiger partial charge in [0, 0.05) is 19.5 Å². The highest BCUT2D eigenvalue weighted by Gasteiger charge is 2.36.